The summed E-state index contributed by atoms with van der Waals surface area (Å²) in [5, 5.41) is 0. The molecular formula is C17H20N2S. The molecular weight excluding hydrogens is 264 g/mol. The minimum Gasteiger partial charge on any atom is -0.347 e. The van der Waals surface area contributed by atoms with Gasteiger partial charge in [0.1, 0.15) is 10.5 Å². The molecule has 0 amide bonds. The molecule has 104 valence electrons. The lowest BCUT2D eigenvalue weighted by Gasteiger charge is -2.24. The number of aromatic nitrogens is 2. The second kappa shape index (κ2) is 5.49. The molecule has 2 aromatic rings. The van der Waals surface area contributed by atoms with Gasteiger partial charge in [-0.3, -0.25) is 0 Å². The smallest absolute Gasteiger partial charge is 0.130 e. The molecule has 1 aliphatic carbocycles. The Balaban J connectivity index is 1.93. The highest BCUT2D eigenvalue weighted by molar-refractivity contribution is 7.71. The maximum Gasteiger partial charge on any atom is 0.130 e. The van der Waals surface area contributed by atoms with E-state index < -0.39 is 0 Å². The summed E-state index contributed by atoms with van der Waals surface area (Å²) in [6.07, 6.45) is 3.35. The molecule has 0 bridgehead atoms. The van der Waals surface area contributed by atoms with Gasteiger partial charge in [-0.1, -0.05) is 50.3 Å². The van der Waals surface area contributed by atoms with Crippen LogP contribution in [0.5, 0.6) is 0 Å². The van der Waals surface area contributed by atoms with Crippen LogP contribution in [-0.2, 0) is 12.8 Å². The van der Waals surface area contributed by atoms with Crippen molar-refractivity contribution in [3.63, 3.8) is 0 Å². The van der Waals surface area contributed by atoms with Gasteiger partial charge in [0.2, 0.25) is 0 Å². The molecule has 0 spiro atoms. The lowest BCUT2D eigenvalue weighted by Crippen LogP contribution is -2.16. The third-order valence-corrected chi connectivity index (χ3v) is 4.35. The largest absolute Gasteiger partial charge is 0.347 e. The highest BCUT2D eigenvalue weighted by Gasteiger charge is 2.21. The number of fused-ring (bicyclic) bond motifs is 1. The number of hydrogen-bond donors (Lipinski definition) is 1. The van der Waals surface area contributed by atoms with Crippen molar-refractivity contribution in [2.45, 2.75) is 44.9 Å². The van der Waals surface area contributed by atoms with Gasteiger partial charge >= 0.3 is 0 Å². The normalized spacial score (nSPS) is 18.1. The fourth-order valence-electron chi connectivity index (χ4n) is 2.93. The summed E-state index contributed by atoms with van der Waals surface area (Å²) < 4.78 is 0.710. The Morgan fingerprint density at radius 1 is 1.25 bits per heavy atom. The zero-order valence-corrected chi connectivity index (χ0v) is 12.8. The predicted octanol–water partition coefficient (Wildman–Crippen LogP) is 4.54. The topological polar surface area (TPSA) is 28.7 Å². The first-order valence-electron chi connectivity index (χ1n) is 7.31. The molecule has 2 nitrogen and oxygen atoms in total. The van der Waals surface area contributed by atoms with Gasteiger partial charge in [0.05, 0.1) is 0 Å². The Morgan fingerprint density at radius 3 is 2.75 bits per heavy atom. The number of rotatable bonds is 2. The minimum absolute atomic E-state index is 0.453. The fraction of sp³-hybridized carbons (Fsp3) is 0.412. The van der Waals surface area contributed by atoms with Gasteiger partial charge in [0, 0.05) is 11.6 Å². The maximum absolute atomic E-state index is 5.32. The molecule has 3 heteroatoms. The third-order valence-electron chi connectivity index (χ3n) is 4.14. The second-order valence-corrected chi connectivity index (χ2v) is 6.34. The first-order chi connectivity index (χ1) is 9.63. The summed E-state index contributed by atoms with van der Waals surface area (Å²) in [5.41, 5.74) is 4.14. The number of aromatic amines is 1. The highest BCUT2D eigenvalue weighted by Crippen LogP contribution is 2.31. The Kier molecular flexibility index (Phi) is 3.70. The van der Waals surface area contributed by atoms with E-state index in [4.69, 9.17) is 12.2 Å². The average Bonchev–Trinajstić information content (AvgIpc) is 2.46. The number of nitrogens with one attached hydrogen (secondary N) is 1. The van der Waals surface area contributed by atoms with Crippen molar-refractivity contribution in [2.24, 2.45) is 0 Å². The molecule has 20 heavy (non-hydrogen) atoms. The molecule has 1 aromatic heterocycles. The molecule has 0 saturated heterocycles. The van der Waals surface area contributed by atoms with Gasteiger partial charge in [-0.2, -0.15) is 0 Å². The molecule has 0 fully saturated rings. The predicted molar refractivity (Wildman–Crippen MR) is 84.7 cm³/mol. The third kappa shape index (κ3) is 2.68. The zero-order valence-electron chi connectivity index (χ0n) is 12.0. The van der Waals surface area contributed by atoms with Crippen LogP contribution in [0.1, 0.15) is 54.7 Å². The van der Waals surface area contributed by atoms with Crippen LogP contribution in [0.25, 0.3) is 0 Å². The first kappa shape index (κ1) is 13.5. The number of H-pyrrole nitrogens is 1. The molecule has 1 atom stereocenters. The maximum atomic E-state index is 5.32. The van der Waals surface area contributed by atoms with E-state index in [1.807, 2.05) is 6.07 Å². The Bertz CT molecular complexity index is 673. The summed E-state index contributed by atoms with van der Waals surface area (Å²) in [5.74, 6) is 1.98. The van der Waals surface area contributed by atoms with E-state index in [1.165, 1.54) is 16.8 Å². The van der Waals surface area contributed by atoms with E-state index in [0.717, 1.165) is 25.1 Å². The zero-order chi connectivity index (χ0) is 14.1. The van der Waals surface area contributed by atoms with Gasteiger partial charge in [-0.05, 0) is 42.4 Å². The van der Waals surface area contributed by atoms with Crippen LogP contribution in [0.15, 0.2) is 30.3 Å². The van der Waals surface area contributed by atoms with Crippen LogP contribution >= 0.6 is 12.2 Å². The minimum atomic E-state index is 0.453. The van der Waals surface area contributed by atoms with Crippen LogP contribution in [0, 0.1) is 4.64 Å². The standard InChI is InChI=1S/C17H20N2S/c1-11(2)15-10-16(20)19-17(18-15)14-8-7-12-5-3-4-6-13(12)9-14/h3-6,10-11,14H,7-9H2,1-2H3,(H,18,19,20). The van der Waals surface area contributed by atoms with Crippen LogP contribution in [-0.4, -0.2) is 9.97 Å². The number of nitrogens with zero attached hydrogens (tertiary/aromatic N) is 1. The number of hydrogen-bond acceptors (Lipinski definition) is 2. The molecule has 1 unspecified atom stereocenters. The fourth-order valence-corrected chi connectivity index (χ4v) is 3.16. The molecule has 1 aliphatic rings. The summed E-state index contributed by atoms with van der Waals surface area (Å²) >= 11 is 5.32. The van der Waals surface area contributed by atoms with Crippen molar-refractivity contribution in [3.8, 4) is 0 Å². The summed E-state index contributed by atoms with van der Waals surface area (Å²) in [4.78, 5) is 8.08. The number of benzene rings is 1. The van der Waals surface area contributed by atoms with Crippen LogP contribution in [0.2, 0.25) is 0 Å². The lowest BCUT2D eigenvalue weighted by atomic mass is 9.83. The van der Waals surface area contributed by atoms with Crippen molar-refractivity contribution in [1.82, 2.24) is 9.97 Å². The van der Waals surface area contributed by atoms with E-state index in [2.05, 4.69) is 48.1 Å². The van der Waals surface area contributed by atoms with Gasteiger partial charge < -0.3 is 4.98 Å². The SMILES string of the molecule is CC(C)c1cc(=S)nc(C2CCc3ccccc3C2)[nH]1. The Hall–Kier alpha value is -1.48. The second-order valence-electron chi connectivity index (χ2n) is 5.92. The van der Waals surface area contributed by atoms with E-state index in [0.29, 0.717) is 16.5 Å². The summed E-state index contributed by atoms with van der Waals surface area (Å²) in [7, 11) is 0. The van der Waals surface area contributed by atoms with Gasteiger partial charge in [0.25, 0.3) is 0 Å². The van der Waals surface area contributed by atoms with Crippen LogP contribution in [0.4, 0.5) is 0 Å². The molecule has 0 saturated carbocycles. The van der Waals surface area contributed by atoms with Crippen LogP contribution < -0.4 is 0 Å². The van der Waals surface area contributed by atoms with Crippen molar-refractivity contribution in [3.05, 3.63) is 57.6 Å². The van der Waals surface area contributed by atoms with E-state index in [-0.39, 0.29) is 0 Å². The first-order valence-corrected chi connectivity index (χ1v) is 7.72. The van der Waals surface area contributed by atoms with E-state index in [9.17, 15) is 0 Å². The number of aryl methyl sites for hydroxylation is 1. The molecule has 0 aliphatic heterocycles. The molecule has 3 rings (SSSR count). The van der Waals surface area contributed by atoms with Crippen molar-refractivity contribution in [1.29, 1.82) is 0 Å². The van der Waals surface area contributed by atoms with E-state index >= 15 is 0 Å². The monoisotopic (exact) mass is 284 g/mol. The lowest BCUT2D eigenvalue weighted by molar-refractivity contribution is 0.549. The van der Waals surface area contributed by atoms with Crippen molar-refractivity contribution in [2.75, 3.05) is 0 Å². The van der Waals surface area contributed by atoms with Gasteiger partial charge in [0.15, 0.2) is 0 Å². The van der Waals surface area contributed by atoms with Crippen molar-refractivity contribution < 1.29 is 0 Å². The summed E-state index contributed by atoms with van der Waals surface area (Å²) in [6.45, 7) is 4.36. The van der Waals surface area contributed by atoms with E-state index in [1.54, 1.807) is 0 Å². The van der Waals surface area contributed by atoms with Gasteiger partial charge in [-0.15, -0.1) is 0 Å². The Labute approximate surface area is 125 Å². The van der Waals surface area contributed by atoms with Gasteiger partial charge in [-0.25, -0.2) is 4.98 Å². The quantitative estimate of drug-likeness (QED) is 0.820. The molecule has 1 heterocycles. The van der Waals surface area contributed by atoms with Crippen molar-refractivity contribution >= 4 is 12.2 Å². The summed E-state index contributed by atoms with van der Waals surface area (Å²) in [6, 6.07) is 10.7. The molecule has 0 radical (unpaired) electrons. The van der Waals surface area contributed by atoms with Crippen LogP contribution in [0.3, 0.4) is 0 Å². The highest BCUT2D eigenvalue weighted by atomic mass is 32.1. The average molecular weight is 284 g/mol. The molecule has 1 aromatic carbocycles. The molecule has 1 N–H and O–H groups in total. The Morgan fingerprint density at radius 2 is 2.00 bits per heavy atom.